The second-order valence-corrected chi connectivity index (χ2v) is 13.3. The Bertz CT molecular complexity index is 293. The largest absolute Gasteiger partial charge is 0.416 e. The minimum absolute atomic E-state index is 0.196. The molecule has 0 aromatic carbocycles. The van der Waals surface area contributed by atoms with E-state index in [1.54, 1.807) is 0 Å². The lowest BCUT2D eigenvalue weighted by atomic mass is 9.97. The predicted octanol–water partition coefficient (Wildman–Crippen LogP) is 5.09. The molecule has 0 heterocycles. The summed E-state index contributed by atoms with van der Waals surface area (Å²) in [5.74, 6) is 0.929. The van der Waals surface area contributed by atoms with Crippen molar-refractivity contribution in [3.63, 3.8) is 0 Å². The zero-order valence-electron chi connectivity index (χ0n) is 14.1. The molecule has 2 nitrogen and oxygen atoms in total. The monoisotopic (exact) mass is 304 g/mol. The second kappa shape index (κ2) is 7.28. The molecule has 0 aliphatic carbocycles. The van der Waals surface area contributed by atoms with Gasteiger partial charge < -0.3 is 4.43 Å². The molecular formula is C15H32O2SSi. The average molecular weight is 305 g/mol. The smallest absolute Gasteiger partial charge is 0.196 e. The molecule has 0 aromatic rings. The van der Waals surface area contributed by atoms with Crippen LogP contribution in [0.4, 0.5) is 0 Å². The van der Waals surface area contributed by atoms with Gasteiger partial charge in [-0.1, -0.05) is 45.9 Å². The summed E-state index contributed by atoms with van der Waals surface area (Å²) in [7, 11) is -1.76. The standard InChI is InChI=1S/C15H32O2SSi/c1-9-10-11-18-13(16)15(5,6)12-17-19(7,8)14(2,3)4/h9-12H2,1-8H3. The van der Waals surface area contributed by atoms with Gasteiger partial charge in [-0.25, -0.2) is 0 Å². The van der Waals surface area contributed by atoms with Crippen LogP contribution in [-0.4, -0.2) is 25.8 Å². The van der Waals surface area contributed by atoms with E-state index in [0.717, 1.165) is 18.6 Å². The molecule has 0 aliphatic heterocycles. The highest BCUT2D eigenvalue weighted by Crippen LogP contribution is 2.38. The van der Waals surface area contributed by atoms with E-state index in [1.807, 2.05) is 13.8 Å². The Morgan fingerprint density at radius 2 is 1.68 bits per heavy atom. The van der Waals surface area contributed by atoms with Gasteiger partial charge in [0, 0.05) is 12.4 Å². The fraction of sp³-hybridized carbons (Fsp3) is 0.933. The van der Waals surface area contributed by atoms with E-state index in [-0.39, 0.29) is 15.6 Å². The van der Waals surface area contributed by atoms with Crippen LogP contribution in [0.25, 0.3) is 0 Å². The Balaban J connectivity index is 4.41. The van der Waals surface area contributed by atoms with Crippen molar-refractivity contribution in [2.75, 3.05) is 12.4 Å². The van der Waals surface area contributed by atoms with Crippen LogP contribution < -0.4 is 0 Å². The van der Waals surface area contributed by atoms with Crippen LogP contribution in [0.1, 0.15) is 54.4 Å². The van der Waals surface area contributed by atoms with Crippen LogP contribution in [0, 0.1) is 5.41 Å². The highest BCUT2D eigenvalue weighted by Gasteiger charge is 2.39. The first-order valence-corrected chi connectivity index (χ1v) is 11.1. The lowest BCUT2D eigenvalue weighted by Crippen LogP contribution is -2.44. The molecule has 0 bridgehead atoms. The van der Waals surface area contributed by atoms with Crippen LogP contribution in [0.2, 0.25) is 18.1 Å². The number of carbonyl (C=O) groups excluding carboxylic acids is 1. The number of rotatable bonds is 7. The second-order valence-electron chi connectivity index (χ2n) is 7.42. The van der Waals surface area contributed by atoms with E-state index in [4.69, 9.17) is 4.43 Å². The lowest BCUT2D eigenvalue weighted by molar-refractivity contribution is -0.119. The van der Waals surface area contributed by atoms with Crippen molar-refractivity contribution in [2.45, 2.75) is 72.5 Å². The topological polar surface area (TPSA) is 26.3 Å². The molecule has 4 heteroatoms. The molecule has 0 saturated heterocycles. The van der Waals surface area contributed by atoms with Crippen molar-refractivity contribution in [1.82, 2.24) is 0 Å². The average Bonchev–Trinajstić information content (AvgIpc) is 2.25. The number of carbonyl (C=O) groups is 1. The summed E-state index contributed by atoms with van der Waals surface area (Å²) in [4.78, 5) is 12.2. The molecule has 0 radical (unpaired) electrons. The van der Waals surface area contributed by atoms with Crippen molar-refractivity contribution in [3.05, 3.63) is 0 Å². The summed E-state index contributed by atoms with van der Waals surface area (Å²) in [5, 5.41) is 0.459. The summed E-state index contributed by atoms with van der Waals surface area (Å²) in [5.41, 5.74) is -0.381. The minimum atomic E-state index is -1.76. The van der Waals surface area contributed by atoms with Crippen molar-refractivity contribution in [3.8, 4) is 0 Å². The van der Waals surface area contributed by atoms with Crippen LogP contribution >= 0.6 is 11.8 Å². The highest BCUT2D eigenvalue weighted by molar-refractivity contribution is 8.13. The van der Waals surface area contributed by atoms with E-state index in [0.29, 0.717) is 6.61 Å². The predicted molar refractivity (Wildman–Crippen MR) is 89.3 cm³/mol. The maximum absolute atomic E-state index is 12.2. The molecular weight excluding hydrogens is 272 g/mol. The third-order valence-electron chi connectivity index (χ3n) is 3.88. The molecule has 0 atom stereocenters. The first-order valence-electron chi connectivity index (χ1n) is 7.25. The van der Waals surface area contributed by atoms with Gasteiger partial charge in [0.05, 0.1) is 5.41 Å². The fourth-order valence-corrected chi connectivity index (χ4v) is 3.36. The molecule has 0 unspecified atom stereocenters. The molecule has 0 rings (SSSR count). The molecule has 0 aromatic heterocycles. The lowest BCUT2D eigenvalue weighted by Gasteiger charge is -2.38. The normalized spacial score (nSPS) is 13.7. The molecule has 19 heavy (non-hydrogen) atoms. The zero-order valence-corrected chi connectivity index (χ0v) is 15.9. The molecule has 114 valence electrons. The maximum atomic E-state index is 12.2. The first-order chi connectivity index (χ1) is 8.44. The quantitative estimate of drug-likeness (QED) is 0.484. The van der Waals surface area contributed by atoms with Gasteiger partial charge in [0.15, 0.2) is 13.4 Å². The summed E-state index contributed by atoms with van der Waals surface area (Å²) >= 11 is 1.46. The Morgan fingerprint density at radius 3 is 2.11 bits per heavy atom. The van der Waals surface area contributed by atoms with Crippen molar-refractivity contribution in [2.24, 2.45) is 5.41 Å². The fourth-order valence-electron chi connectivity index (χ4n) is 1.14. The molecule has 0 fully saturated rings. The summed E-state index contributed by atoms with van der Waals surface area (Å²) in [6, 6.07) is 0. The molecule has 0 N–H and O–H groups in total. The maximum Gasteiger partial charge on any atom is 0.196 e. The van der Waals surface area contributed by atoms with Crippen molar-refractivity contribution < 1.29 is 9.22 Å². The molecule has 0 amide bonds. The van der Waals surface area contributed by atoms with E-state index in [9.17, 15) is 4.79 Å². The summed E-state index contributed by atoms with van der Waals surface area (Å²) < 4.78 is 6.19. The molecule has 0 aliphatic rings. The Kier molecular flexibility index (Phi) is 7.35. The third-order valence-corrected chi connectivity index (χ3v) is 9.67. The summed E-state index contributed by atoms with van der Waals surface area (Å²) in [6.07, 6.45) is 2.25. The number of thioether (sulfide) groups is 1. The Morgan fingerprint density at radius 1 is 1.16 bits per heavy atom. The SMILES string of the molecule is CCCCSC(=O)C(C)(C)CO[Si](C)(C)C(C)(C)C. The van der Waals surface area contributed by atoms with E-state index >= 15 is 0 Å². The van der Waals surface area contributed by atoms with Gasteiger partial charge >= 0.3 is 0 Å². The van der Waals surface area contributed by atoms with Crippen LogP contribution in [0.3, 0.4) is 0 Å². The van der Waals surface area contributed by atoms with Gasteiger partial charge in [-0.15, -0.1) is 0 Å². The zero-order chi connectivity index (χ0) is 15.3. The molecule has 0 spiro atoms. The minimum Gasteiger partial charge on any atom is -0.416 e. The number of unbranched alkanes of at least 4 members (excludes halogenated alkanes) is 1. The van der Waals surface area contributed by atoms with Gasteiger partial charge in [-0.3, -0.25) is 4.79 Å². The van der Waals surface area contributed by atoms with E-state index in [1.165, 1.54) is 11.8 Å². The van der Waals surface area contributed by atoms with Crippen molar-refractivity contribution in [1.29, 1.82) is 0 Å². The van der Waals surface area contributed by atoms with Gasteiger partial charge in [0.2, 0.25) is 0 Å². The number of hydrogen-bond acceptors (Lipinski definition) is 3. The van der Waals surface area contributed by atoms with Crippen LogP contribution in [0.5, 0.6) is 0 Å². The Hall–Kier alpha value is 0.197. The number of hydrogen-bond donors (Lipinski definition) is 0. The van der Waals surface area contributed by atoms with E-state index in [2.05, 4.69) is 40.8 Å². The first kappa shape index (κ1) is 19.2. The van der Waals surface area contributed by atoms with E-state index < -0.39 is 8.32 Å². The van der Waals surface area contributed by atoms with Gasteiger partial charge in [0.25, 0.3) is 0 Å². The Labute approximate surface area is 125 Å². The molecule has 0 saturated carbocycles. The van der Waals surface area contributed by atoms with Gasteiger partial charge in [0.1, 0.15) is 0 Å². The highest BCUT2D eigenvalue weighted by atomic mass is 32.2. The van der Waals surface area contributed by atoms with Gasteiger partial charge in [-0.05, 0) is 38.4 Å². The van der Waals surface area contributed by atoms with Gasteiger partial charge in [-0.2, -0.15) is 0 Å². The van der Waals surface area contributed by atoms with Crippen LogP contribution in [-0.2, 0) is 9.22 Å². The summed E-state index contributed by atoms with van der Waals surface area (Å²) in [6.45, 7) is 17.8. The van der Waals surface area contributed by atoms with Crippen molar-refractivity contribution >= 4 is 25.2 Å². The third kappa shape index (κ3) is 6.45. The van der Waals surface area contributed by atoms with Crippen LogP contribution in [0.15, 0.2) is 0 Å².